The van der Waals surface area contributed by atoms with Gasteiger partial charge in [-0.2, -0.15) is 10.5 Å². The first-order valence-corrected chi connectivity index (χ1v) is 13.5. The number of aromatic nitrogens is 4. The van der Waals surface area contributed by atoms with Crippen LogP contribution in [0.1, 0.15) is 28.3 Å². The van der Waals surface area contributed by atoms with Crippen LogP contribution in [0.25, 0.3) is 74.7 Å². The van der Waals surface area contributed by atoms with E-state index in [1.54, 1.807) is 6.08 Å². The molecule has 2 aromatic carbocycles. The number of benzene rings is 2. The maximum Gasteiger partial charge on any atom is 0.130 e. The highest BCUT2D eigenvalue weighted by Gasteiger charge is 2.17. The van der Waals surface area contributed by atoms with Gasteiger partial charge in [0, 0.05) is 38.8 Å². The second-order valence-corrected chi connectivity index (χ2v) is 9.91. The molecule has 0 aliphatic carbocycles. The van der Waals surface area contributed by atoms with E-state index in [0.717, 1.165) is 55.7 Å². The largest absolute Gasteiger partial charge is 0.355 e. The third-order valence-electron chi connectivity index (χ3n) is 7.27. The van der Waals surface area contributed by atoms with Gasteiger partial charge in [0.1, 0.15) is 17.7 Å². The summed E-state index contributed by atoms with van der Waals surface area (Å²) in [6, 6.07) is 34.5. The fraction of sp³-hybridized carbons (Fsp3) is 0. The fourth-order valence-electron chi connectivity index (χ4n) is 5.36. The lowest BCUT2D eigenvalue weighted by atomic mass is 10.0. The summed E-state index contributed by atoms with van der Waals surface area (Å²) in [5.41, 5.74) is 11.0. The number of hydrogen-bond donors (Lipinski definition) is 2. The molecule has 6 heteroatoms. The molecule has 5 aromatic rings. The summed E-state index contributed by atoms with van der Waals surface area (Å²) >= 11 is 0. The highest BCUT2D eigenvalue weighted by Crippen LogP contribution is 2.34. The molecule has 2 N–H and O–H groups in total. The average Bonchev–Trinajstić information content (AvgIpc) is 3.85. The number of allylic oxidation sites excluding steroid dienone is 1. The molecule has 42 heavy (non-hydrogen) atoms. The van der Waals surface area contributed by atoms with Crippen molar-refractivity contribution in [3.05, 3.63) is 125 Å². The normalized spacial score (nSPS) is 11.6. The van der Waals surface area contributed by atoms with Crippen LogP contribution in [-0.4, -0.2) is 19.9 Å². The van der Waals surface area contributed by atoms with Gasteiger partial charge in [-0.25, -0.2) is 9.97 Å². The quantitative estimate of drug-likeness (QED) is 0.220. The third-order valence-corrected chi connectivity index (χ3v) is 7.27. The van der Waals surface area contributed by atoms with E-state index in [2.05, 4.69) is 64.6 Å². The standard InChI is InChI=1S/C36H22N6/c37-21-23(22-38)19-28-29-15-17-33(41-29)35(24-7-3-1-4-8-24)31-13-11-26(39-31)20-27-12-14-32(40-27)36(25-9-5-2-6-10-25)34-18-16-30(28)42-34/h1-20,39-40H. The van der Waals surface area contributed by atoms with Crippen molar-refractivity contribution in [2.75, 3.05) is 0 Å². The summed E-state index contributed by atoms with van der Waals surface area (Å²) in [7, 11) is 0. The summed E-state index contributed by atoms with van der Waals surface area (Å²) in [5.74, 6) is 0. The SMILES string of the molecule is N#CC(C#N)=Cc1c2nc(c(-c3ccccc3)c3ccc(cc4ccc([nH]4)c(-c4ccccc4)c4nc1C=C4)[nH]3)C=C2. The van der Waals surface area contributed by atoms with E-state index in [-0.39, 0.29) is 5.57 Å². The first-order chi connectivity index (χ1) is 20.7. The molecule has 0 saturated heterocycles. The van der Waals surface area contributed by atoms with Crippen LogP contribution in [0, 0.1) is 22.7 Å². The topological polar surface area (TPSA) is 105 Å². The molecule has 3 aromatic heterocycles. The van der Waals surface area contributed by atoms with Crippen LogP contribution in [-0.2, 0) is 0 Å². The molecule has 0 amide bonds. The molecule has 6 nitrogen and oxygen atoms in total. The Bertz CT molecular complexity index is 2050. The van der Waals surface area contributed by atoms with Crippen molar-refractivity contribution in [1.29, 1.82) is 10.5 Å². The van der Waals surface area contributed by atoms with Gasteiger partial charge in [0.05, 0.1) is 22.8 Å². The minimum atomic E-state index is -0.0217. The fourth-order valence-corrected chi connectivity index (χ4v) is 5.36. The molecule has 0 saturated carbocycles. The summed E-state index contributed by atoms with van der Waals surface area (Å²) in [6.45, 7) is 0. The summed E-state index contributed by atoms with van der Waals surface area (Å²) < 4.78 is 0. The lowest BCUT2D eigenvalue weighted by molar-refractivity contribution is 1.26. The Morgan fingerprint density at radius 3 is 1.48 bits per heavy atom. The van der Waals surface area contributed by atoms with Crippen LogP contribution < -0.4 is 0 Å². The first kappa shape index (κ1) is 24.8. The Morgan fingerprint density at radius 1 is 0.571 bits per heavy atom. The number of hydrogen-bond acceptors (Lipinski definition) is 4. The van der Waals surface area contributed by atoms with Gasteiger partial charge >= 0.3 is 0 Å². The molecule has 196 valence electrons. The van der Waals surface area contributed by atoms with Crippen LogP contribution in [0.2, 0.25) is 0 Å². The zero-order chi connectivity index (χ0) is 28.5. The van der Waals surface area contributed by atoms with Crippen molar-refractivity contribution in [2.24, 2.45) is 0 Å². The Labute approximate surface area is 241 Å². The number of aromatic amines is 2. The summed E-state index contributed by atoms with van der Waals surface area (Å²) in [5, 5.41) is 19.2. The van der Waals surface area contributed by atoms with E-state index in [0.29, 0.717) is 17.0 Å². The monoisotopic (exact) mass is 538 g/mol. The maximum absolute atomic E-state index is 9.62. The van der Waals surface area contributed by atoms with Gasteiger partial charge in [-0.3, -0.25) is 0 Å². The molecule has 2 aliphatic heterocycles. The Balaban J connectivity index is 1.66. The molecule has 0 radical (unpaired) electrons. The number of H-pyrrole nitrogens is 2. The van der Waals surface area contributed by atoms with Crippen molar-refractivity contribution in [3.63, 3.8) is 0 Å². The van der Waals surface area contributed by atoms with E-state index in [1.165, 1.54) is 0 Å². The van der Waals surface area contributed by atoms with E-state index >= 15 is 0 Å². The zero-order valence-corrected chi connectivity index (χ0v) is 22.3. The lowest BCUT2D eigenvalue weighted by Crippen LogP contribution is -1.90. The number of fused-ring (bicyclic) bond motifs is 8. The van der Waals surface area contributed by atoms with Crippen molar-refractivity contribution >= 4 is 52.4 Å². The Hall–Kier alpha value is -6.24. The summed E-state index contributed by atoms with van der Waals surface area (Å²) in [6.07, 6.45) is 9.33. The van der Waals surface area contributed by atoms with Gasteiger partial charge in [-0.15, -0.1) is 0 Å². The highest BCUT2D eigenvalue weighted by atomic mass is 14.8. The second-order valence-electron chi connectivity index (χ2n) is 9.91. The van der Waals surface area contributed by atoms with Crippen molar-refractivity contribution in [3.8, 4) is 34.4 Å². The lowest BCUT2D eigenvalue weighted by Gasteiger charge is -2.04. The molecular weight excluding hydrogens is 516 g/mol. The van der Waals surface area contributed by atoms with Crippen molar-refractivity contribution in [1.82, 2.24) is 19.9 Å². The molecule has 0 fully saturated rings. The molecule has 5 heterocycles. The van der Waals surface area contributed by atoms with Crippen LogP contribution in [0.15, 0.2) is 96.6 Å². The maximum atomic E-state index is 9.62. The van der Waals surface area contributed by atoms with Crippen molar-refractivity contribution in [2.45, 2.75) is 0 Å². The van der Waals surface area contributed by atoms with Gasteiger partial charge in [0.2, 0.25) is 0 Å². The highest BCUT2D eigenvalue weighted by molar-refractivity contribution is 5.95. The van der Waals surface area contributed by atoms with E-state index < -0.39 is 0 Å². The molecule has 0 atom stereocenters. The number of nitriles is 2. The first-order valence-electron chi connectivity index (χ1n) is 13.5. The van der Waals surface area contributed by atoms with Gasteiger partial charge in [-0.1, -0.05) is 60.7 Å². The van der Waals surface area contributed by atoms with E-state index in [9.17, 15) is 10.5 Å². The van der Waals surface area contributed by atoms with Crippen LogP contribution in [0.4, 0.5) is 0 Å². The molecule has 0 unspecified atom stereocenters. The van der Waals surface area contributed by atoms with Crippen LogP contribution in [0.3, 0.4) is 0 Å². The minimum absolute atomic E-state index is 0.0217. The Kier molecular flexibility index (Phi) is 6.13. The molecule has 2 aliphatic rings. The molecule has 7 rings (SSSR count). The van der Waals surface area contributed by atoms with E-state index in [1.807, 2.05) is 72.8 Å². The van der Waals surface area contributed by atoms with Gasteiger partial charge < -0.3 is 9.97 Å². The van der Waals surface area contributed by atoms with Crippen LogP contribution >= 0.6 is 0 Å². The minimum Gasteiger partial charge on any atom is -0.355 e. The predicted molar refractivity (Wildman–Crippen MR) is 169 cm³/mol. The molecule has 8 bridgehead atoms. The van der Waals surface area contributed by atoms with Crippen LogP contribution in [0.5, 0.6) is 0 Å². The van der Waals surface area contributed by atoms with E-state index in [4.69, 9.17) is 9.97 Å². The molecular formula is C36H22N6. The number of nitrogens with one attached hydrogen (secondary N) is 2. The molecule has 0 spiro atoms. The van der Waals surface area contributed by atoms with Gasteiger partial charge in [0.15, 0.2) is 0 Å². The number of nitrogens with zero attached hydrogens (tertiary/aromatic N) is 4. The van der Waals surface area contributed by atoms with Gasteiger partial charge in [0.25, 0.3) is 0 Å². The van der Waals surface area contributed by atoms with Gasteiger partial charge in [-0.05, 0) is 71.8 Å². The average molecular weight is 539 g/mol. The second kappa shape index (κ2) is 10.4. The summed E-state index contributed by atoms with van der Waals surface area (Å²) in [4.78, 5) is 17.2. The number of rotatable bonds is 3. The predicted octanol–water partition coefficient (Wildman–Crippen LogP) is 8.42. The zero-order valence-electron chi connectivity index (χ0n) is 22.3. The van der Waals surface area contributed by atoms with Crippen molar-refractivity contribution < 1.29 is 0 Å². The smallest absolute Gasteiger partial charge is 0.130 e. The Morgan fingerprint density at radius 2 is 1.02 bits per heavy atom. The third kappa shape index (κ3) is 4.50.